The van der Waals surface area contributed by atoms with Crippen LogP contribution >= 0.6 is 11.3 Å². The molecule has 0 radical (unpaired) electrons. The number of carbonyl (C=O) groups is 2. The molecule has 2 N–H and O–H groups in total. The largest absolute Gasteiger partial charge is 0.465 e. The van der Waals surface area contributed by atoms with Crippen LogP contribution in [-0.4, -0.2) is 33.9 Å². The zero-order valence-electron chi connectivity index (χ0n) is 13.0. The van der Waals surface area contributed by atoms with E-state index in [1.165, 1.54) is 30.7 Å². The zero-order chi connectivity index (χ0) is 17.7. The number of sulfonamides is 1. The first kappa shape index (κ1) is 18.0. The minimum Gasteiger partial charge on any atom is -0.465 e. The lowest BCUT2D eigenvalue weighted by atomic mass is 10.2. The van der Waals surface area contributed by atoms with Gasteiger partial charge in [0.1, 0.15) is 0 Å². The summed E-state index contributed by atoms with van der Waals surface area (Å²) in [5.41, 5.74) is 0.206. The molecule has 1 aromatic heterocycles. The molecule has 0 bridgehead atoms. The molecular formula is C15H16N2O5S2. The van der Waals surface area contributed by atoms with Crippen molar-refractivity contribution < 1.29 is 22.7 Å². The fourth-order valence-electron chi connectivity index (χ4n) is 1.89. The molecule has 1 amide bonds. The van der Waals surface area contributed by atoms with Gasteiger partial charge >= 0.3 is 5.97 Å². The number of hydrogen-bond acceptors (Lipinski definition) is 6. The van der Waals surface area contributed by atoms with E-state index in [4.69, 9.17) is 0 Å². The van der Waals surface area contributed by atoms with E-state index in [0.717, 1.165) is 11.3 Å². The monoisotopic (exact) mass is 368 g/mol. The van der Waals surface area contributed by atoms with Crippen molar-refractivity contribution in [3.05, 3.63) is 46.2 Å². The summed E-state index contributed by atoms with van der Waals surface area (Å²) < 4.78 is 31.9. The molecule has 1 heterocycles. The Morgan fingerprint density at radius 1 is 1.25 bits per heavy atom. The molecular weight excluding hydrogens is 352 g/mol. The van der Waals surface area contributed by atoms with Gasteiger partial charge in [0, 0.05) is 11.9 Å². The fourth-order valence-corrected chi connectivity index (χ4v) is 4.16. The molecule has 0 saturated heterocycles. The van der Waals surface area contributed by atoms with E-state index in [-0.39, 0.29) is 22.1 Å². The van der Waals surface area contributed by atoms with Crippen LogP contribution in [-0.2, 0) is 14.8 Å². The van der Waals surface area contributed by atoms with E-state index in [2.05, 4.69) is 14.8 Å². The first-order chi connectivity index (χ1) is 11.4. The summed E-state index contributed by atoms with van der Waals surface area (Å²) in [5.74, 6) is -0.986. The Labute approximate surface area is 143 Å². The van der Waals surface area contributed by atoms with Crippen molar-refractivity contribution in [1.29, 1.82) is 0 Å². The molecule has 0 atom stereocenters. The third kappa shape index (κ3) is 3.92. The predicted octanol–water partition coefficient (Wildman–Crippen LogP) is 2.09. The topological polar surface area (TPSA) is 102 Å². The number of para-hydroxylation sites is 1. The van der Waals surface area contributed by atoms with Gasteiger partial charge in [-0.1, -0.05) is 12.1 Å². The highest BCUT2D eigenvalue weighted by Crippen LogP contribution is 2.24. The molecule has 0 unspecified atom stereocenters. The van der Waals surface area contributed by atoms with E-state index in [0.29, 0.717) is 11.4 Å². The van der Waals surface area contributed by atoms with E-state index < -0.39 is 16.0 Å². The Morgan fingerprint density at radius 3 is 2.62 bits per heavy atom. The third-order valence-corrected chi connectivity index (χ3v) is 5.45. The van der Waals surface area contributed by atoms with Crippen molar-refractivity contribution >= 4 is 38.9 Å². The van der Waals surface area contributed by atoms with Gasteiger partial charge in [0.2, 0.25) is 0 Å². The molecule has 2 aromatic rings. The van der Waals surface area contributed by atoms with Crippen LogP contribution in [0.1, 0.15) is 27.0 Å². The second-order valence-electron chi connectivity index (χ2n) is 4.65. The molecule has 7 nitrogen and oxygen atoms in total. The number of nitrogens with one attached hydrogen (secondary N) is 2. The van der Waals surface area contributed by atoms with E-state index >= 15 is 0 Å². The minimum atomic E-state index is -3.93. The molecule has 9 heteroatoms. The van der Waals surface area contributed by atoms with Crippen molar-refractivity contribution in [2.75, 3.05) is 18.4 Å². The lowest BCUT2D eigenvalue weighted by molar-refractivity contribution is 0.0601. The van der Waals surface area contributed by atoms with Crippen molar-refractivity contribution in [3.63, 3.8) is 0 Å². The smallest absolute Gasteiger partial charge is 0.339 e. The van der Waals surface area contributed by atoms with Crippen LogP contribution in [0.25, 0.3) is 0 Å². The van der Waals surface area contributed by atoms with Gasteiger partial charge in [-0.3, -0.25) is 9.52 Å². The summed E-state index contributed by atoms with van der Waals surface area (Å²) in [4.78, 5) is 23.7. The molecule has 0 fully saturated rings. The molecule has 0 saturated carbocycles. The molecule has 2 rings (SSSR count). The SMILES string of the molecule is CCNC(=O)c1cc(S(=O)(=O)Nc2ccccc2C(=O)OC)cs1. The number of ether oxygens (including phenoxy) is 1. The highest BCUT2D eigenvalue weighted by molar-refractivity contribution is 7.92. The van der Waals surface area contributed by atoms with E-state index in [9.17, 15) is 18.0 Å². The molecule has 24 heavy (non-hydrogen) atoms. The van der Waals surface area contributed by atoms with Crippen LogP contribution < -0.4 is 10.0 Å². The third-order valence-electron chi connectivity index (χ3n) is 3.02. The van der Waals surface area contributed by atoms with Gasteiger partial charge in [0.25, 0.3) is 15.9 Å². The molecule has 128 valence electrons. The normalized spacial score (nSPS) is 10.9. The Balaban J connectivity index is 2.30. The Bertz CT molecular complexity index is 858. The number of hydrogen-bond donors (Lipinski definition) is 2. The molecule has 1 aromatic carbocycles. The van der Waals surface area contributed by atoms with Crippen molar-refractivity contribution in [1.82, 2.24) is 5.32 Å². The summed E-state index contributed by atoms with van der Waals surface area (Å²) >= 11 is 1.03. The van der Waals surface area contributed by atoms with Crippen molar-refractivity contribution in [2.45, 2.75) is 11.8 Å². The van der Waals surface area contributed by atoms with Crippen LogP contribution in [0.15, 0.2) is 40.6 Å². The summed E-state index contributed by atoms with van der Waals surface area (Å²) in [6.07, 6.45) is 0. The maximum Gasteiger partial charge on any atom is 0.339 e. The summed E-state index contributed by atoms with van der Waals surface area (Å²) in [7, 11) is -2.72. The number of rotatable bonds is 6. The highest BCUT2D eigenvalue weighted by Gasteiger charge is 2.21. The van der Waals surface area contributed by atoms with Gasteiger partial charge in [0.05, 0.1) is 28.1 Å². The summed E-state index contributed by atoms with van der Waals surface area (Å²) in [6, 6.07) is 7.40. The van der Waals surface area contributed by atoms with Crippen LogP contribution in [0.2, 0.25) is 0 Å². The number of amides is 1. The van der Waals surface area contributed by atoms with Gasteiger partial charge < -0.3 is 10.1 Å². The quantitative estimate of drug-likeness (QED) is 0.760. The first-order valence-corrected chi connectivity index (χ1v) is 9.32. The van der Waals surface area contributed by atoms with Gasteiger partial charge in [0.15, 0.2) is 0 Å². The number of benzene rings is 1. The number of thiophene rings is 1. The van der Waals surface area contributed by atoms with Gasteiger partial charge in [-0.15, -0.1) is 11.3 Å². The lowest BCUT2D eigenvalue weighted by Gasteiger charge is -2.10. The predicted molar refractivity (Wildman–Crippen MR) is 90.9 cm³/mol. The average Bonchev–Trinajstić information content (AvgIpc) is 3.05. The Morgan fingerprint density at radius 2 is 1.96 bits per heavy atom. The minimum absolute atomic E-state index is 0.0478. The molecule has 0 spiro atoms. The number of esters is 1. The average molecular weight is 368 g/mol. The summed E-state index contributed by atoms with van der Waals surface area (Å²) in [5, 5.41) is 3.97. The number of carbonyl (C=O) groups excluding carboxylic acids is 2. The number of anilines is 1. The fraction of sp³-hybridized carbons (Fsp3) is 0.200. The van der Waals surface area contributed by atoms with Crippen LogP contribution in [0.3, 0.4) is 0 Å². The summed E-state index contributed by atoms with van der Waals surface area (Å²) in [6.45, 7) is 2.22. The van der Waals surface area contributed by atoms with Crippen molar-refractivity contribution in [3.8, 4) is 0 Å². The lowest BCUT2D eigenvalue weighted by Crippen LogP contribution is -2.21. The molecule has 0 aliphatic rings. The Kier molecular flexibility index (Phi) is 5.58. The van der Waals surface area contributed by atoms with Crippen LogP contribution in [0.4, 0.5) is 5.69 Å². The highest BCUT2D eigenvalue weighted by atomic mass is 32.2. The molecule has 0 aliphatic carbocycles. The second-order valence-corrected chi connectivity index (χ2v) is 7.24. The van der Waals surface area contributed by atoms with Crippen LogP contribution in [0, 0.1) is 0 Å². The first-order valence-electron chi connectivity index (χ1n) is 6.96. The van der Waals surface area contributed by atoms with Crippen molar-refractivity contribution in [2.24, 2.45) is 0 Å². The van der Waals surface area contributed by atoms with E-state index in [1.807, 2.05) is 0 Å². The standard InChI is InChI=1S/C15H16N2O5S2/c1-3-16-14(18)13-8-10(9-23-13)24(20,21)17-12-7-5-4-6-11(12)15(19)22-2/h4-9,17H,3H2,1-2H3,(H,16,18). The zero-order valence-corrected chi connectivity index (χ0v) is 14.7. The van der Waals surface area contributed by atoms with E-state index in [1.54, 1.807) is 19.1 Å². The maximum absolute atomic E-state index is 12.5. The maximum atomic E-state index is 12.5. The van der Waals surface area contributed by atoms with Gasteiger partial charge in [-0.2, -0.15) is 0 Å². The van der Waals surface area contributed by atoms with Gasteiger partial charge in [-0.25, -0.2) is 13.2 Å². The number of methoxy groups -OCH3 is 1. The second kappa shape index (κ2) is 7.45. The Hall–Kier alpha value is -2.39. The van der Waals surface area contributed by atoms with Crippen LogP contribution in [0.5, 0.6) is 0 Å². The van der Waals surface area contributed by atoms with Gasteiger partial charge in [-0.05, 0) is 25.1 Å². The molecule has 0 aliphatic heterocycles.